The molecule has 0 fully saturated rings. The number of likely N-dealkylation sites (N-methyl/N-ethyl adjacent to an activating group) is 1. The Morgan fingerprint density at radius 2 is 1.00 bits per heavy atom. The van der Waals surface area contributed by atoms with Crippen molar-refractivity contribution in [1.29, 1.82) is 0 Å². The van der Waals surface area contributed by atoms with E-state index in [-0.39, 0.29) is 11.7 Å². The summed E-state index contributed by atoms with van der Waals surface area (Å²) >= 11 is 0. The standard InChI is InChI=1S/C31H23NO2/c1-32-29(24-18-10-4-11-19-24)28(30(33)25-20-12-5-13-21-25)27(31(32)34)26(22-14-6-2-7-15-22)23-16-8-3-9-17-23/h2-21H,1H3. The first-order valence-electron chi connectivity index (χ1n) is 11.2. The first-order valence-corrected chi connectivity index (χ1v) is 11.2. The van der Waals surface area contributed by atoms with E-state index >= 15 is 0 Å². The van der Waals surface area contributed by atoms with Crippen molar-refractivity contribution >= 4 is 23.0 Å². The minimum absolute atomic E-state index is 0.170. The summed E-state index contributed by atoms with van der Waals surface area (Å²) in [6, 6.07) is 38.4. The maximum atomic E-state index is 14.0. The van der Waals surface area contributed by atoms with Gasteiger partial charge in [0.15, 0.2) is 5.78 Å². The zero-order valence-electron chi connectivity index (χ0n) is 18.8. The van der Waals surface area contributed by atoms with Crippen LogP contribution in [0.2, 0.25) is 0 Å². The van der Waals surface area contributed by atoms with Crippen LogP contribution in [0.5, 0.6) is 0 Å². The van der Waals surface area contributed by atoms with Crippen LogP contribution in [0.15, 0.2) is 132 Å². The van der Waals surface area contributed by atoms with Crippen LogP contribution in [0.3, 0.4) is 0 Å². The van der Waals surface area contributed by atoms with Gasteiger partial charge in [-0.3, -0.25) is 9.59 Å². The van der Waals surface area contributed by atoms with Crippen molar-refractivity contribution in [2.24, 2.45) is 0 Å². The van der Waals surface area contributed by atoms with Crippen molar-refractivity contribution < 1.29 is 9.59 Å². The van der Waals surface area contributed by atoms with Crippen LogP contribution in [-0.2, 0) is 4.79 Å². The Labute approximate surface area is 199 Å². The second-order valence-electron chi connectivity index (χ2n) is 8.13. The largest absolute Gasteiger partial charge is 0.310 e. The van der Waals surface area contributed by atoms with Gasteiger partial charge in [-0.25, -0.2) is 0 Å². The Balaban J connectivity index is 1.89. The Morgan fingerprint density at radius 1 is 0.588 bits per heavy atom. The second kappa shape index (κ2) is 9.16. The number of nitrogens with zero attached hydrogens (tertiary/aromatic N) is 1. The average Bonchev–Trinajstić information content (AvgIpc) is 3.16. The summed E-state index contributed by atoms with van der Waals surface area (Å²) in [6.45, 7) is 0. The SMILES string of the molecule is CN1C(=O)C(=C(c2ccccc2)c2ccccc2)C(C(=O)c2ccccc2)=C1c1ccccc1. The molecular weight excluding hydrogens is 418 g/mol. The molecule has 5 rings (SSSR count). The molecule has 1 aliphatic heterocycles. The van der Waals surface area contributed by atoms with Gasteiger partial charge in [-0.05, 0) is 16.7 Å². The van der Waals surface area contributed by atoms with Crippen molar-refractivity contribution in [2.75, 3.05) is 7.05 Å². The number of carbonyl (C=O) groups is 2. The van der Waals surface area contributed by atoms with Crippen LogP contribution in [0, 0.1) is 0 Å². The van der Waals surface area contributed by atoms with E-state index in [4.69, 9.17) is 0 Å². The fourth-order valence-corrected chi connectivity index (χ4v) is 4.45. The van der Waals surface area contributed by atoms with E-state index in [9.17, 15) is 9.59 Å². The number of hydrogen-bond donors (Lipinski definition) is 0. The number of carbonyl (C=O) groups excluding carboxylic acids is 2. The molecule has 0 aliphatic carbocycles. The predicted molar refractivity (Wildman–Crippen MR) is 136 cm³/mol. The molecule has 1 amide bonds. The van der Waals surface area contributed by atoms with E-state index in [1.807, 2.05) is 109 Å². The fourth-order valence-electron chi connectivity index (χ4n) is 4.45. The fraction of sp³-hybridized carbons (Fsp3) is 0.0323. The Kier molecular flexibility index (Phi) is 5.75. The van der Waals surface area contributed by atoms with Gasteiger partial charge < -0.3 is 4.90 Å². The monoisotopic (exact) mass is 441 g/mol. The zero-order valence-corrected chi connectivity index (χ0v) is 18.8. The Bertz CT molecular complexity index is 1360. The zero-order chi connectivity index (χ0) is 23.5. The number of hydrogen-bond acceptors (Lipinski definition) is 2. The molecule has 0 saturated heterocycles. The van der Waals surface area contributed by atoms with Crippen LogP contribution in [0.1, 0.15) is 27.0 Å². The van der Waals surface area contributed by atoms with Crippen LogP contribution >= 0.6 is 0 Å². The summed E-state index contributed by atoms with van der Waals surface area (Å²) < 4.78 is 0. The lowest BCUT2D eigenvalue weighted by Crippen LogP contribution is -2.21. The van der Waals surface area contributed by atoms with Gasteiger partial charge in [-0.1, -0.05) is 121 Å². The number of benzene rings is 4. The molecule has 164 valence electrons. The average molecular weight is 442 g/mol. The third kappa shape index (κ3) is 3.78. The van der Waals surface area contributed by atoms with Crippen LogP contribution in [0.25, 0.3) is 11.3 Å². The van der Waals surface area contributed by atoms with Crippen LogP contribution in [0.4, 0.5) is 0 Å². The number of ketones is 1. The van der Waals surface area contributed by atoms with Crippen molar-refractivity contribution in [3.05, 3.63) is 155 Å². The quantitative estimate of drug-likeness (QED) is 0.271. The lowest BCUT2D eigenvalue weighted by molar-refractivity contribution is -0.122. The van der Waals surface area contributed by atoms with E-state index in [2.05, 4.69) is 0 Å². The summed E-state index contributed by atoms with van der Waals surface area (Å²) in [5.74, 6) is -0.364. The highest BCUT2D eigenvalue weighted by molar-refractivity contribution is 6.30. The molecule has 1 heterocycles. The highest BCUT2D eigenvalue weighted by Crippen LogP contribution is 2.42. The molecular formula is C31H23NO2. The Hall–Kier alpha value is -4.50. The molecule has 0 N–H and O–H groups in total. The van der Waals surface area contributed by atoms with Crippen molar-refractivity contribution in [3.8, 4) is 0 Å². The molecule has 3 heteroatoms. The lowest BCUT2D eigenvalue weighted by Gasteiger charge is -2.15. The molecule has 0 bridgehead atoms. The molecule has 0 radical (unpaired) electrons. The first-order chi connectivity index (χ1) is 16.7. The third-order valence-corrected chi connectivity index (χ3v) is 6.03. The molecule has 4 aromatic rings. The topological polar surface area (TPSA) is 37.4 Å². The first kappa shape index (κ1) is 21.4. The van der Waals surface area contributed by atoms with Gasteiger partial charge in [-0.2, -0.15) is 0 Å². The van der Waals surface area contributed by atoms with Gasteiger partial charge in [0.25, 0.3) is 5.91 Å². The van der Waals surface area contributed by atoms with Gasteiger partial charge >= 0.3 is 0 Å². The lowest BCUT2D eigenvalue weighted by atomic mass is 9.86. The van der Waals surface area contributed by atoms with Gasteiger partial charge in [-0.15, -0.1) is 0 Å². The molecule has 0 saturated carbocycles. The summed E-state index contributed by atoms with van der Waals surface area (Å²) in [4.78, 5) is 29.5. The van der Waals surface area contributed by atoms with Crippen molar-refractivity contribution in [3.63, 3.8) is 0 Å². The van der Waals surface area contributed by atoms with Crippen LogP contribution in [-0.4, -0.2) is 23.6 Å². The Morgan fingerprint density at radius 3 is 1.47 bits per heavy atom. The van der Waals surface area contributed by atoms with E-state index in [1.165, 1.54) is 0 Å². The summed E-state index contributed by atoms with van der Waals surface area (Å²) in [5, 5.41) is 0. The van der Waals surface area contributed by atoms with Crippen molar-refractivity contribution in [2.45, 2.75) is 0 Å². The second-order valence-corrected chi connectivity index (χ2v) is 8.13. The number of rotatable bonds is 5. The highest BCUT2D eigenvalue weighted by atomic mass is 16.2. The van der Waals surface area contributed by atoms with E-state index in [0.29, 0.717) is 22.4 Å². The number of Topliss-reactive ketones (excluding diaryl/α,β-unsaturated/α-hetero) is 1. The van der Waals surface area contributed by atoms with E-state index in [0.717, 1.165) is 22.3 Å². The minimum atomic E-state index is -0.194. The van der Waals surface area contributed by atoms with Gasteiger partial charge in [0, 0.05) is 18.2 Å². The normalized spacial score (nSPS) is 13.4. The van der Waals surface area contributed by atoms with E-state index in [1.54, 1.807) is 24.1 Å². The van der Waals surface area contributed by atoms with Gasteiger partial charge in [0.2, 0.25) is 0 Å². The van der Waals surface area contributed by atoms with E-state index < -0.39 is 0 Å². The molecule has 1 aliphatic rings. The molecule has 34 heavy (non-hydrogen) atoms. The highest BCUT2D eigenvalue weighted by Gasteiger charge is 2.39. The van der Waals surface area contributed by atoms with Gasteiger partial charge in [0.05, 0.1) is 16.8 Å². The minimum Gasteiger partial charge on any atom is -0.310 e. The maximum absolute atomic E-state index is 14.0. The van der Waals surface area contributed by atoms with Crippen molar-refractivity contribution in [1.82, 2.24) is 4.90 Å². The maximum Gasteiger partial charge on any atom is 0.259 e. The molecule has 0 aromatic heterocycles. The predicted octanol–water partition coefficient (Wildman–Crippen LogP) is 6.25. The molecule has 3 nitrogen and oxygen atoms in total. The van der Waals surface area contributed by atoms with Gasteiger partial charge in [0.1, 0.15) is 0 Å². The molecule has 0 unspecified atom stereocenters. The molecule has 4 aromatic carbocycles. The molecule has 0 atom stereocenters. The summed E-state index contributed by atoms with van der Waals surface area (Å²) in [5.41, 5.74) is 5.37. The summed E-state index contributed by atoms with van der Waals surface area (Å²) in [6.07, 6.45) is 0. The number of amides is 1. The smallest absolute Gasteiger partial charge is 0.259 e. The van der Waals surface area contributed by atoms with Crippen LogP contribution < -0.4 is 0 Å². The third-order valence-electron chi connectivity index (χ3n) is 6.03. The summed E-state index contributed by atoms with van der Waals surface area (Å²) in [7, 11) is 1.74. The molecule has 0 spiro atoms.